The molecule has 1 aromatic carbocycles. The topological polar surface area (TPSA) is 83.9 Å². The van der Waals surface area contributed by atoms with Crippen LogP contribution in [0.3, 0.4) is 0 Å². The van der Waals surface area contributed by atoms with Gasteiger partial charge >= 0.3 is 11.9 Å². The molecule has 0 spiro atoms. The number of nitrogens with zero attached hydrogens (tertiary/aromatic N) is 1. The van der Waals surface area contributed by atoms with E-state index in [-0.39, 0.29) is 24.2 Å². The molecular formula is C13H12FNO5. The van der Waals surface area contributed by atoms with Crippen LogP contribution >= 0.6 is 0 Å². The van der Waals surface area contributed by atoms with Gasteiger partial charge in [-0.05, 0) is 18.2 Å². The van der Waals surface area contributed by atoms with Crippen molar-refractivity contribution in [1.29, 1.82) is 0 Å². The first-order valence-corrected chi connectivity index (χ1v) is 5.85. The molecule has 0 saturated carbocycles. The van der Waals surface area contributed by atoms with Gasteiger partial charge in [-0.3, -0.25) is 9.59 Å². The van der Waals surface area contributed by atoms with Crippen molar-refractivity contribution in [2.75, 3.05) is 18.6 Å². The number of carboxylic acids is 1. The second-order valence-corrected chi connectivity index (χ2v) is 4.40. The number of amides is 1. The molecule has 106 valence electrons. The third-order valence-electron chi connectivity index (χ3n) is 3.13. The fraction of sp³-hybridized carbons (Fsp3) is 0.308. The number of rotatable bonds is 3. The minimum atomic E-state index is -1.11. The highest BCUT2D eigenvalue weighted by Gasteiger charge is 2.36. The number of anilines is 1. The van der Waals surface area contributed by atoms with Crippen LogP contribution in [0.5, 0.6) is 0 Å². The number of methoxy groups -OCH3 is 1. The van der Waals surface area contributed by atoms with E-state index in [0.29, 0.717) is 0 Å². The molecule has 1 saturated heterocycles. The Bertz CT molecular complexity index is 586. The van der Waals surface area contributed by atoms with Gasteiger partial charge in [-0.25, -0.2) is 9.18 Å². The molecule has 2 rings (SSSR count). The molecule has 1 unspecified atom stereocenters. The lowest BCUT2D eigenvalue weighted by Crippen LogP contribution is -2.27. The van der Waals surface area contributed by atoms with Crippen molar-refractivity contribution in [3.63, 3.8) is 0 Å². The Kier molecular flexibility index (Phi) is 3.69. The van der Waals surface area contributed by atoms with E-state index in [4.69, 9.17) is 5.11 Å². The van der Waals surface area contributed by atoms with Crippen LogP contribution in [-0.4, -0.2) is 36.6 Å². The van der Waals surface area contributed by atoms with Crippen LogP contribution in [0.15, 0.2) is 18.2 Å². The van der Waals surface area contributed by atoms with Crippen molar-refractivity contribution in [1.82, 2.24) is 0 Å². The molecule has 1 fully saturated rings. The summed E-state index contributed by atoms with van der Waals surface area (Å²) >= 11 is 0. The molecule has 0 radical (unpaired) electrons. The third kappa shape index (κ3) is 2.47. The Labute approximate surface area is 113 Å². The fourth-order valence-electron chi connectivity index (χ4n) is 2.07. The Morgan fingerprint density at radius 3 is 2.70 bits per heavy atom. The number of aliphatic carboxylic acids is 1. The molecular weight excluding hydrogens is 269 g/mol. The normalized spacial score (nSPS) is 18.2. The maximum atomic E-state index is 13.8. The van der Waals surface area contributed by atoms with Crippen LogP contribution in [0.4, 0.5) is 10.1 Å². The molecule has 20 heavy (non-hydrogen) atoms. The second-order valence-electron chi connectivity index (χ2n) is 4.40. The molecule has 1 heterocycles. The molecule has 0 bridgehead atoms. The summed E-state index contributed by atoms with van der Waals surface area (Å²) in [5, 5.41) is 8.90. The van der Waals surface area contributed by atoms with E-state index in [1.807, 2.05) is 0 Å². The standard InChI is InChI=1S/C13H12FNO5/c1-20-13(19)7-2-3-9(14)10(4-7)15-6-8(12(17)18)5-11(15)16/h2-4,8H,5-6H2,1H3,(H,17,18). The quantitative estimate of drug-likeness (QED) is 0.837. The van der Waals surface area contributed by atoms with Crippen LogP contribution in [0, 0.1) is 11.7 Å². The van der Waals surface area contributed by atoms with E-state index in [2.05, 4.69) is 4.74 Å². The van der Waals surface area contributed by atoms with Gasteiger partial charge in [0.2, 0.25) is 5.91 Å². The summed E-state index contributed by atoms with van der Waals surface area (Å²) in [6, 6.07) is 3.46. The Morgan fingerprint density at radius 1 is 1.45 bits per heavy atom. The zero-order valence-electron chi connectivity index (χ0n) is 10.6. The average molecular weight is 281 g/mol. The van der Waals surface area contributed by atoms with Crippen LogP contribution in [0.2, 0.25) is 0 Å². The summed E-state index contributed by atoms with van der Waals surface area (Å²) in [7, 11) is 1.19. The average Bonchev–Trinajstić information content (AvgIpc) is 2.80. The number of carboxylic acid groups (broad SMARTS) is 1. The minimum Gasteiger partial charge on any atom is -0.481 e. The largest absolute Gasteiger partial charge is 0.481 e. The Morgan fingerprint density at radius 2 is 2.15 bits per heavy atom. The number of carbonyl (C=O) groups is 3. The molecule has 1 aromatic rings. The molecule has 1 amide bonds. The minimum absolute atomic E-state index is 0.0930. The summed E-state index contributed by atoms with van der Waals surface area (Å²) in [4.78, 5) is 35.1. The summed E-state index contributed by atoms with van der Waals surface area (Å²) in [5.41, 5.74) is -0.0166. The lowest BCUT2D eigenvalue weighted by atomic mass is 10.1. The summed E-state index contributed by atoms with van der Waals surface area (Å²) < 4.78 is 18.3. The van der Waals surface area contributed by atoms with Gasteiger partial charge < -0.3 is 14.7 Å². The van der Waals surface area contributed by atoms with E-state index in [0.717, 1.165) is 11.0 Å². The number of ether oxygens (including phenoxy) is 1. The van der Waals surface area contributed by atoms with Crippen molar-refractivity contribution >= 4 is 23.5 Å². The zero-order valence-corrected chi connectivity index (χ0v) is 10.6. The number of hydrogen-bond donors (Lipinski definition) is 1. The highest BCUT2D eigenvalue weighted by molar-refractivity contribution is 6.00. The van der Waals surface area contributed by atoms with Crippen LogP contribution in [-0.2, 0) is 14.3 Å². The monoisotopic (exact) mass is 281 g/mol. The summed E-state index contributed by atoms with van der Waals surface area (Å²) in [5.74, 6) is -3.82. The van der Waals surface area contributed by atoms with E-state index in [9.17, 15) is 18.8 Å². The van der Waals surface area contributed by atoms with Crippen molar-refractivity contribution in [2.45, 2.75) is 6.42 Å². The van der Waals surface area contributed by atoms with E-state index >= 15 is 0 Å². The summed E-state index contributed by atoms with van der Waals surface area (Å²) in [6.45, 7) is -0.115. The Balaban J connectivity index is 2.35. The van der Waals surface area contributed by atoms with E-state index in [1.54, 1.807) is 0 Å². The second kappa shape index (κ2) is 5.28. The van der Waals surface area contributed by atoms with Crippen molar-refractivity contribution < 1.29 is 28.6 Å². The van der Waals surface area contributed by atoms with Gasteiger partial charge in [0.25, 0.3) is 0 Å². The molecule has 1 aliphatic rings. The molecule has 6 nitrogen and oxygen atoms in total. The van der Waals surface area contributed by atoms with Crippen LogP contribution in [0.25, 0.3) is 0 Å². The first-order chi connectivity index (χ1) is 9.43. The third-order valence-corrected chi connectivity index (χ3v) is 3.13. The highest BCUT2D eigenvalue weighted by atomic mass is 19.1. The van der Waals surface area contributed by atoms with Gasteiger partial charge in [-0.1, -0.05) is 0 Å². The zero-order chi connectivity index (χ0) is 14.9. The van der Waals surface area contributed by atoms with Gasteiger partial charge in [-0.2, -0.15) is 0 Å². The SMILES string of the molecule is COC(=O)c1ccc(F)c(N2CC(C(=O)O)CC2=O)c1. The lowest BCUT2D eigenvalue weighted by molar-refractivity contribution is -0.141. The van der Waals surface area contributed by atoms with E-state index in [1.165, 1.54) is 19.2 Å². The first-order valence-electron chi connectivity index (χ1n) is 5.85. The molecule has 7 heteroatoms. The van der Waals surface area contributed by atoms with Crippen LogP contribution < -0.4 is 4.90 Å². The van der Waals surface area contributed by atoms with Gasteiger partial charge in [0.1, 0.15) is 5.82 Å². The predicted molar refractivity (Wildman–Crippen MR) is 65.8 cm³/mol. The van der Waals surface area contributed by atoms with Crippen molar-refractivity contribution in [3.05, 3.63) is 29.6 Å². The Hall–Kier alpha value is -2.44. The first kappa shape index (κ1) is 14.0. The van der Waals surface area contributed by atoms with E-state index < -0.39 is 29.6 Å². The molecule has 1 aliphatic heterocycles. The number of halogens is 1. The molecule has 0 aliphatic carbocycles. The molecule has 1 N–H and O–H groups in total. The lowest BCUT2D eigenvalue weighted by Gasteiger charge is -2.17. The number of hydrogen-bond acceptors (Lipinski definition) is 4. The van der Waals surface area contributed by atoms with Gasteiger partial charge in [0.15, 0.2) is 0 Å². The fourth-order valence-corrected chi connectivity index (χ4v) is 2.07. The van der Waals surface area contributed by atoms with Gasteiger partial charge in [0.05, 0.1) is 24.3 Å². The number of esters is 1. The highest BCUT2D eigenvalue weighted by Crippen LogP contribution is 2.28. The predicted octanol–water partition coefficient (Wildman–Crippen LogP) is 1.05. The maximum absolute atomic E-state index is 13.8. The number of carbonyl (C=O) groups excluding carboxylic acids is 2. The maximum Gasteiger partial charge on any atom is 0.337 e. The van der Waals surface area contributed by atoms with Crippen molar-refractivity contribution in [2.24, 2.45) is 5.92 Å². The van der Waals surface area contributed by atoms with Crippen LogP contribution in [0.1, 0.15) is 16.8 Å². The molecule has 0 aromatic heterocycles. The van der Waals surface area contributed by atoms with Gasteiger partial charge in [-0.15, -0.1) is 0 Å². The summed E-state index contributed by atoms with van der Waals surface area (Å²) in [6.07, 6.45) is -0.183. The van der Waals surface area contributed by atoms with Crippen molar-refractivity contribution in [3.8, 4) is 0 Å². The number of benzene rings is 1. The smallest absolute Gasteiger partial charge is 0.337 e. The molecule has 1 atom stereocenters. The van der Waals surface area contributed by atoms with Gasteiger partial charge in [0, 0.05) is 13.0 Å².